The van der Waals surface area contributed by atoms with Crippen molar-refractivity contribution in [1.29, 1.82) is 0 Å². The molecule has 0 radical (unpaired) electrons. The van der Waals surface area contributed by atoms with Crippen molar-refractivity contribution >= 4 is 28.6 Å². The number of hydrogen-bond acceptors (Lipinski definition) is 4. The second-order valence-electron chi connectivity index (χ2n) is 7.33. The summed E-state index contributed by atoms with van der Waals surface area (Å²) in [5, 5.41) is 5.90. The molecule has 1 saturated heterocycles. The monoisotopic (exact) mass is 391 g/mol. The number of hydrogen-bond donors (Lipinski definition) is 1. The van der Waals surface area contributed by atoms with Gasteiger partial charge in [0.25, 0.3) is 0 Å². The number of rotatable bonds is 5. The van der Waals surface area contributed by atoms with Crippen LogP contribution >= 0.6 is 11.3 Å². The van der Waals surface area contributed by atoms with Gasteiger partial charge in [0.2, 0.25) is 5.91 Å². The summed E-state index contributed by atoms with van der Waals surface area (Å²) in [7, 11) is 0. The van der Waals surface area contributed by atoms with Gasteiger partial charge in [-0.25, -0.2) is 4.98 Å². The Balaban J connectivity index is 1.35. The summed E-state index contributed by atoms with van der Waals surface area (Å²) < 4.78 is 0. The molecular weight excluding hydrogens is 366 g/mol. The molecular formula is C23H25N3OS. The minimum absolute atomic E-state index is 0.0357. The average Bonchev–Trinajstić information content (AvgIpc) is 3.18. The lowest BCUT2D eigenvalue weighted by molar-refractivity contribution is -0.115. The molecule has 2 aromatic carbocycles. The molecule has 1 N–H and O–H groups in total. The second-order valence-corrected chi connectivity index (χ2v) is 8.19. The fourth-order valence-corrected chi connectivity index (χ4v) is 4.32. The van der Waals surface area contributed by atoms with Crippen LogP contribution in [0.25, 0.3) is 10.6 Å². The molecule has 4 nitrogen and oxygen atoms in total. The van der Waals surface area contributed by atoms with Crippen LogP contribution in [0.4, 0.5) is 11.4 Å². The van der Waals surface area contributed by atoms with Gasteiger partial charge in [0.05, 0.1) is 12.1 Å². The van der Waals surface area contributed by atoms with Gasteiger partial charge in [-0.3, -0.25) is 4.79 Å². The highest BCUT2D eigenvalue weighted by Crippen LogP contribution is 2.25. The summed E-state index contributed by atoms with van der Waals surface area (Å²) in [6.07, 6.45) is 4.14. The first kappa shape index (κ1) is 18.7. The predicted molar refractivity (Wildman–Crippen MR) is 117 cm³/mol. The summed E-state index contributed by atoms with van der Waals surface area (Å²) in [5.74, 6) is -0.0357. The van der Waals surface area contributed by atoms with Gasteiger partial charge in [0.1, 0.15) is 5.01 Å². The Morgan fingerprint density at radius 2 is 1.75 bits per heavy atom. The molecule has 0 unspecified atom stereocenters. The van der Waals surface area contributed by atoms with Crippen LogP contribution in [-0.4, -0.2) is 24.0 Å². The van der Waals surface area contributed by atoms with Crippen molar-refractivity contribution in [3.63, 3.8) is 0 Å². The Bertz CT molecular complexity index is 925. The van der Waals surface area contributed by atoms with Gasteiger partial charge in [0.15, 0.2) is 0 Å². The normalized spacial score (nSPS) is 14.1. The minimum atomic E-state index is -0.0357. The van der Waals surface area contributed by atoms with Crippen molar-refractivity contribution < 1.29 is 4.79 Å². The SMILES string of the molecule is Cc1ccc(-c2nc(CC(=O)Nc3ccc(N4CCCCC4)cc3)cs2)cc1. The maximum Gasteiger partial charge on any atom is 0.230 e. The predicted octanol–water partition coefficient (Wildman–Crippen LogP) is 5.29. The van der Waals surface area contributed by atoms with Gasteiger partial charge >= 0.3 is 0 Å². The van der Waals surface area contributed by atoms with E-state index in [4.69, 9.17) is 0 Å². The van der Waals surface area contributed by atoms with Crippen LogP contribution in [0.2, 0.25) is 0 Å². The van der Waals surface area contributed by atoms with Gasteiger partial charge in [-0.05, 0) is 50.5 Å². The topological polar surface area (TPSA) is 45.2 Å². The van der Waals surface area contributed by atoms with E-state index in [-0.39, 0.29) is 12.3 Å². The van der Waals surface area contributed by atoms with Crippen LogP contribution in [0, 0.1) is 6.92 Å². The summed E-state index contributed by atoms with van der Waals surface area (Å²) in [6, 6.07) is 16.5. The van der Waals surface area contributed by atoms with E-state index in [0.29, 0.717) is 0 Å². The molecule has 0 saturated carbocycles. The van der Waals surface area contributed by atoms with E-state index < -0.39 is 0 Å². The number of aryl methyl sites for hydroxylation is 1. The van der Waals surface area contributed by atoms with Crippen LogP contribution < -0.4 is 10.2 Å². The number of nitrogens with zero attached hydrogens (tertiary/aromatic N) is 2. The summed E-state index contributed by atoms with van der Waals surface area (Å²) in [5.41, 5.74) is 5.20. The molecule has 1 fully saturated rings. The smallest absolute Gasteiger partial charge is 0.230 e. The Hall–Kier alpha value is -2.66. The molecule has 1 aliphatic rings. The molecule has 4 rings (SSSR count). The van der Waals surface area contributed by atoms with Crippen LogP contribution in [-0.2, 0) is 11.2 Å². The summed E-state index contributed by atoms with van der Waals surface area (Å²) in [6.45, 7) is 4.32. The molecule has 1 aliphatic heterocycles. The minimum Gasteiger partial charge on any atom is -0.372 e. The number of amides is 1. The van der Waals surface area contributed by atoms with Gasteiger partial charge < -0.3 is 10.2 Å². The van der Waals surface area contributed by atoms with Crippen LogP contribution in [0.3, 0.4) is 0 Å². The molecule has 0 atom stereocenters. The van der Waals surface area contributed by atoms with Crippen molar-refractivity contribution in [1.82, 2.24) is 4.98 Å². The van der Waals surface area contributed by atoms with Crippen molar-refractivity contribution in [2.24, 2.45) is 0 Å². The third-order valence-electron chi connectivity index (χ3n) is 5.06. The van der Waals surface area contributed by atoms with Crippen LogP contribution in [0.1, 0.15) is 30.5 Å². The largest absolute Gasteiger partial charge is 0.372 e. The molecule has 0 bridgehead atoms. The number of anilines is 2. The highest BCUT2D eigenvalue weighted by molar-refractivity contribution is 7.13. The molecule has 1 aromatic heterocycles. The molecule has 5 heteroatoms. The number of piperidine rings is 1. The fraction of sp³-hybridized carbons (Fsp3) is 0.304. The first-order valence-corrected chi connectivity index (χ1v) is 10.7. The second kappa shape index (κ2) is 8.57. The molecule has 0 aliphatic carbocycles. The number of carbonyl (C=O) groups is 1. The van der Waals surface area contributed by atoms with Gasteiger partial charge in [-0.2, -0.15) is 0 Å². The number of benzene rings is 2. The molecule has 2 heterocycles. The first-order chi connectivity index (χ1) is 13.7. The molecule has 0 spiro atoms. The van der Waals surface area contributed by atoms with Gasteiger partial charge in [0, 0.05) is 35.4 Å². The van der Waals surface area contributed by atoms with Gasteiger partial charge in [-0.15, -0.1) is 11.3 Å². The highest BCUT2D eigenvalue weighted by Gasteiger charge is 2.12. The van der Waals surface area contributed by atoms with Crippen molar-refractivity contribution in [2.75, 3.05) is 23.3 Å². The lowest BCUT2D eigenvalue weighted by atomic mass is 10.1. The van der Waals surface area contributed by atoms with E-state index in [1.165, 1.54) is 30.5 Å². The number of aromatic nitrogens is 1. The van der Waals surface area contributed by atoms with E-state index in [2.05, 4.69) is 58.5 Å². The third kappa shape index (κ3) is 4.60. The summed E-state index contributed by atoms with van der Waals surface area (Å²) >= 11 is 1.58. The lowest BCUT2D eigenvalue weighted by Gasteiger charge is -2.28. The average molecular weight is 392 g/mol. The van der Waals surface area contributed by atoms with Crippen LogP contribution in [0.5, 0.6) is 0 Å². The Labute approximate surface area is 170 Å². The van der Waals surface area contributed by atoms with E-state index >= 15 is 0 Å². The van der Waals surface area contributed by atoms with E-state index in [0.717, 1.165) is 35.0 Å². The van der Waals surface area contributed by atoms with E-state index in [1.54, 1.807) is 11.3 Å². The number of nitrogens with one attached hydrogen (secondary N) is 1. The Morgan fingerprint density at radius 3 is 2.46 bits per heavy atom. The van der Waals surface area contributed by atoms with Crippen molar-refractivity contribution in [3.8, 4) is 10.6 Å². The van der Waals surface area contributed by atoms with Crippen molar-refractivity contribution in [3.05, 3.63) is 65.2 Å². The van der Waals surface area contributed by atoms with Gasteiger partial charge in [-0.1, -0.05) is 29.8 Å². The Kier molecular flexibility index (Phi) is 5.72. The number of thiazole rings is 1. The van der Waals surface area contributed by atoms with E-state index in [1.807, 2.05) is 17.5 Å². The maximum atomic E-state index is 12.4. The molecule has 1 amide bonds. The summed E-state index contributed by atoms with van der Waals surface area (Å²) in [4.78, 5) is 19.4. The zero-order valence-corrected chi connectivity index (χ0v) is 17.0. The molecule has 144 valence electrons. The zero-order valence-electron chi connectivity index (χ0n) is 16.1. The molecule has 28 heavy (non-hydrogen) atoms. The third-order valence-corrected chi connectivity index (χ3v) is 6.00. The quantitative estimate of drug-likeness (QED) is 0.643. The fourth-order valence-electron chi connectivity index (χ4n) is 3.49. The van der Waals surface area contributed by atoms with Crippen molar-refractivity contribution in [2.45, 2.75) is 32.6 Å². The zero-order chi connectivity index (χ0) is 19.3. The standard InChI is InChI=1S/C23H25N3OS/c1-17-5-7-18(8-6-17)23-25-20(16-28-23)15-22(27)24-19-9-11-21(12-10-19)26-13-3-2-4-14-26/h5-12,16H,2-4,13-15H2,1H3,(H,24,27). The lowest BCUT2D eigenvalue weighted by Crippen LogP contribution is -2.29. The highest BCUT2D eigenvalue weighted by atomic mass is 32.1. The maximum absolute atomic E-state index is 12.4. The van der Waals surface area contributed by atoms with E-state index in [9.17, 15) is 4.79 Å². The Morgan fingerprint density at radius 1 is 1.04 bits per heavy atom. The van der Waals surface area contributed by atoms with Crippen LogP contribution in [0.15, 0.2) is 53.9 Å². The first-order valence-electron chi connectivity index (χ1n) is 9.84. The number of carbonyl (C=O) groups excluding carboxylic acids is 1. The molecule has 3 aromatic rings.